The van der Waals surface area contributed by atoms with Crippen molar-refractivity contribution < 1.29 is 4.79 Å². The number of carbonyl (C=O) groups excluding carboxylic acids is 1. The molecule has 2 heteroatoms. The van der Waals surface area contributed by atoms with Gasteiger partial charge in [0.25, 0.3) is 0 Å². The van der Waals surface area contributed by atoms with Crippen molar-refractivity contribution in [3.05, 3.63) is 35.4 Å². The molecule has 0 aliphatic heterocycles. The standard InChI is InChI=1S/C15H21NO/c1-14(2,3)11-4-6-12(7-5-11)15(8-9-15)10-13(16)17/h4-7H,8-10H2,1-3H3,(H2,16,17). The quantitative estimate of drug-likeness (QED) is 0.854. The van der Waals surface area contributed by atoms with Gasteiger partial charge in [0.2, 0.25) is 5.91 Å². The van der Waals surface area contributed by atoms with Gasteiger partial charge in [-0.1, -0.05) is 45.0 Å². The van der Waals surface area contributed by atoms with E-state index in [1.807, 2.05) is 0 Å². The van der Waals surface area contributed by atoms with Gasteiger partial charge in [-0.15, -0.1) is 0 Å². The Morgan fingerprint density at radius 3 is 2.12 bits per heavy atom. The summed E-state index contributed by atoms with van der Waals surface area (Å²) in [7, 11) is 0. The maximum Gasteiger partial charge on any atom is 0.218 e. The molecule has 1 fully saturated rings. The second-order valence-corrected chi connectivity index (χ2v) is 6.25. The molecule has 1 amide bonds. The van der Waals surface area contributed by atoms with Crippen LogP contribution < -0.4 is 5.73 Å². The lowest BCUT2D eigenvalue weighted by Crippen LogP contribution is -2.20. The molecule has 2 rings (SSSR count). The molecule has 0 aromatic heterocycles. The zero-order valence-corrected chi connectivity index (χ0v) is 10.9. The minimum Gasteiger partial charge on any atom is -0.370 e. The fraction of sp³-hybridized carbons (Fsp3) is 0.533. The van der Waals surface area contributed by atoms with Crippen LogP contribution in [0.2, 0.25) is 0 Å². The summed E-state index contributed by atoms with van der Waals surface area (Å²) in [6.45, 7) is 6.62. The van der Waals surface area contributed by atoms with Crippen LogP contribution in [0.1, 0.15) is 51.2 Å². The molecule has 1 aliphatic carbocycles. The Morgan fingerprint density at radius 1 is 1.24 bits per heavy atom. The SMILES string of the molecule is CC(C)(C)c1ccc(C2(CC(N)=O)CC2)cc1. The second-order valence-electron chi connectivity index (χ2n) is 6.25. The van der Waals surface area contributed by atoms with Gasteiger partial charge in [0.1, 0.15) is 0 Å². The number of carbonyl (C=O) groups is 1. The Hall–Kier alpha value is -1.31. The van der Waals surface area contributed by atoms with Crippen molar-refractivity contribution in [1.29, 1.82) is 0 Å². The van der Waals surface area contributed by atoms with Crippen molar-refractivity contribution in [2.45, 2.75) is 50.9 Å². The van der Waals surface area contributed by atoms with Crippen LogP contribution in [0.15, 0.2) is 24.3 Å². The van der Waals surface area contributed by atoms with E-state index in [-0.39, 0.29) is 16.7 Å². The van der Waals surface area contributed by atoms with Crippen LogP contribution in [0.4, 0.5) is 0 Å². The van der Waals surface area contributed by atoms with Gasteiger partial charge in [-0.25, -0.2) is 0 Å². The summed E-state index contributed by atoms with van der Waals surface area (Å²) < 4.78 is 0. The highest BCUT2D eigenvalue weighted by atomic mass is 16.1. The molecule has 0 bridgehead atoms. The molecule has 2 nitrogen and oxygen atoms in total. The van der Waals surface area contributed by atoms with Crippen molar-refractivity contribution in [3.8, 4) is 0 Å². The fourth-order valence-corrected chi connectivity index (χ4v) is 2.38. The zero-order valence-electron chi connectivity index (χ0n) is 10.9. The fourth-order valence-electron chi connectivity index (χ4n) is 2.38. The molecule has 1 aromatic rings. The molecule has 0 spiro atoms. The van der Waals surface area contributed by atoms with E-state index in [1.54, 1.807) is 0 Å². The molecular weight excluding hydrogens is 210 g/mol. The van der Waals surface area contributed by atoms with Gasteiger partial charge in [-0.3, -0.25) is 4.79 Å². The Labute approximate surface area is 103 Å². The number of rotatable bonds is 3. The summed E-state index contributed by atoms with van der Waals surface area (Å²) in [6.07, 6.45) is 2.66. The summed E-state index contributed by atoms with van der Waals surface area (Å²) in [5, 5.41) is 0. The first-order chi connectivity index (χ1) is 7.83. The van der Waals surface area contributed by atoms with Crippen molar-refractivity contribution >= 4 is 5.91 Å². The van der Waals surface area contributed by atoms with Gasteiger partial charge in [-0.05, 0) is 29.4 Å². The number of benzene rings is 1. The molecule has 92 valence electrons. The third kappa shape index (κ3) is 2.51. The molecule has 0 atom stereocenters. The molecule has 1 saturated carbocycles. The normalized spacial score (nSPS) is 17.8. The molecule has 17 heavy (non-hydrogen) atoms. The number of nitrogens with two attached hydrogens (primary N) is 1. The highest BCUT2D eigenvalue weighted by Crippen LogP contribution is 2.51. The zero-order chi connectivity index (χ0) is 12.7. The van der Waals surface area contributed by atoms with Crippen LogP contribution in [0.5, 0.6) is 0 Å². The minimum atomic E-state index is -0.192. The molecule has 0 radical (unpaired) electrons. The van der Waals surface area contributed by atoms with Crippen LogP contribution in [0.25, 0.3) is 0 Å². The van der Waals surface area contributed by atoms with Crippen molar-refractivity contribution in [3.63, 3.8) is 0 Å². The van der Waals surface area contributed by atoms with Gasteiger partial charge in [0, 0.05) is 11.8 Å². The van der Waals surface area contributed by atoms with Crippen LogP contribution in [-0.2, 0) is 15.6 Å². The summed E-state index contributed by atoms with van der Waals surface area (Å²) in [5.74, 6) is -0.192. The maximum atomic E-state index is 11.1. The van der Waals surface area contributed by atoms with Crippen molar-refractivity contribution in [2.75, 3.05) is 0 Å². The van der Waals surface area contributed by atoms with E-state index in [4.69, 9.17) is 5.73 Å². The third-order valence-corrected chi connectivity index (χ3v) is 3.73. The van der Waals surface area contributed by atoms with E-state index in [0.29, 0.717) is 6.42 Å². The monoisotopic (exact) mass is 231 g/mol. The number of hydrogen-bond donors (Lipinski definition) is 1. The average molecular weight is 231 g/mol. The molecule has 0 saturated heterocycles. The van der Waals surface area contributed by atoms with Gasteiger partial charge >= 0.3 is 0 Å². The molecule has 1 aliphatic rings. The lowest BCUT2D eigenvalue weighted by molar-refractivity contribution is -0.118. The van der Waals surface area contributed by atoms with Crippen LogP contribution in [-0.4, -0.2) is 5.91 Å². The first-order valence-corrected chi connectivity index (χ1v) is 6.23. The van der Waals surface area contributed by atoms with E-state index >= 15 is 0 Å². The van der Waals surface area contributed by atoms with Crippen molar-refractivity contribution in [1.82, 2.24) is 0 Å². The highest BCUT2D eigenvalue weighted by molar-refractivity contribution is 5.76. The lowest BCUT2D eigenvalue weighted by Gasteiger charge is -2.21. The second kappa shape index (κ2) is 3.86. The average Bonchev–Trinajstić information content (AvgIpc) is 2.97. The first kappa shape index (κ1) is 12.2. The van der Waals surface area contributed by atoms with Gasteiger partial charge in [0.05, 0.1) is 0 Å². The third-order valence-electron chi connectivity index (χ3n) is 3.73. The summed E-state index contributed by atoms with van der Waals surface area (Å²) >= 11 is 0. The van der Waals surface area contributed by atoms with E-state index in [9.17, 15) is 4.79 Å². The van der Waals surface area contributed by atoms with E-state index < -0.39 is 0 Å². The van der Waals surface area contributed by atoms with Crippen LogP contribution in [0, 0.1) is 0 Å². The molecular formula is C15H21NO. The predicted octanol–water partition coefficient (Wildman–Crippen LogP) is 2.89. The Balaban J connectivity index is 2.22. The van der Waals surface area contributed by atoms with E-state index in [2.05, 4.69) is 45.0 Å². The maximum absolute atomic E-state index is 11.1. The van der Waals surface area contributed by atoms with Crippen LogP contribution >= 0.6 is 0 Å². The van der Waals surface area contributed by atoms with Crippen molar-refractivity contribution in [2.24, 2.45) is 5.73 Å². The minimum absolute atomic E-state index is 0.0578. The topological polar surface area (TPSA) is 43.1 Å². The molecule has 2 N–H and O–H groups in total. The summed E-state index contributed by atoms with van der Waals surface area (Å²) in [6, 6.07) is 8.68. The van der Waals surface area contributed by atoms with Gasteiger partial charge < -0.3 is 5.73 Å². The van der Waals surface area contributed by atoms with Gasteiger partial charge in [0.15, 0.2) is 0 Å². The number of hydrogen-bond acceptors (Lipinski definition) is 1. The predicted molar refractivity (Wildman–Crippen MR) is 69.9 cm³/mol. The van der Waals surface area contributed by atoms with Gasteiger partial charge in [-0.2, -0.15) is 0 Å². The Kier molecular flexibility index (Phi) is 2.76. The summed E-state index contributed by atoms with van der Waals surface area (Å²) in [4.78, 5) is 11.1. The van der Waals surface area contributed by atoms with E-state index in [1.165, 1.54) is 11.1 Å². The Bertz CT molecular complexity index is 421. The van der Waals surface area contributed by atoms with E-state index in [0.717, 1.165) is 12.8 Å². The largest absolute Gasteiger partial charge is 0.370 e. The molecule has 0 heterocycles. The number of primary amides is 1. The van der Waals surface area contributed by atoms with Crippen LogP contribution in [0.3, 0.4) is 0 Å². The number of amides is 1. The first-order valence-electron chi connectivity index (χ1n) is 6.23. The molecule has 1 aromatic carbocycles. The smallest absolute Gasteiger partial charge is 0.218 e. The molecule has 0 unspecified atom stereocenters. The summed E-state index contributed by atoms with van der Waals surface area (Å²) in [5.41, 5.74) is 8.15. The lowest BCUT2D eigenvalue weighted by atomic mass is 9.84. The Morgan fingerprint density at radius 2 is 1.76 bits per heavy atom. The highest BCUT2D eigenvalue weighted by Gasteiger charge is 2.45.